The lowest BCUT2D eigenvalue weighted by Crippen LogP contribution is -2.33. The fraction of sp³-hybridized carbons (Fsp3) is 0.444. The smallest absolute Gasteiger partial charge is 0.274 e. The summed E-state index contributed by atoms with van der Waals surface area (Å²) in [5.74, 6) is 0.778. The Hall–Kier alpha value is -2.90. The van der Waals surface area contributed by atoms with Gasteiger partial charge in [0.2, 0.25) is 0 Å². The number of carbonyl (C=O) groups is 1. The second-order valence-corrected chi connectivity index (χ2v) is 6.67. The van der Waals surface area contributed by atoms with E-state index in [1.807, 2.05) is 37.3 Å². The van der Waals surface area contributed by atoms with Crippen LogP contribution in [0.25, 0.3) is 0 Å². The Morgan fingerprint density at radius 2 is 2.08 bits per heavy atom. The molecule has 1 saturated heterocycles. The van der Waals surface area contributed by atoms with E-state index >= 15 is 0 Å². The molecular formula is C18H24N6O2. The first-order chi connectivity index (χ1) is 12.5. The van der Waals surface area contributed by atoms with E-state index < -0.39 is 0 Å². The molecule has 0 spiro atoms. The summed E-state index contributed by atoms with van der Waals surface area (Å²) in [6, 6.07) is 7.10. The Bertz CT molecular complexity index is 782. The van der Waals surface area contributed by atoms with E-state index in [4.69, 9.17) is 0 Å². The number of nitrogens with zero attached hydrogens (tertiary/aromatic N) is 4. The third-order valence-corrected chi connectivity index (χ3v) is 4.49. The summed E-state index contributed by atoms with van der Waals surface area (Å²) in [7, 11) is 3.92. The number of hydrogen-bond acceptors (Lipinski definition) is 6. The Morgan fingerprint density at radius 1 is 1.23 bits per heavy atom. The fourth-order valence-electron chi connectivity index (χ4n) is 3.04. The first-order valence-corrected chi connectivity index (χ1v) is 8.78. The Labute approximate surface area is 152 Å². The number of amides is 1. The fourth-order valence-corrected chi connectivity index (χ4v) is 3.04. The zero-order valence-electron chi connectivity index (χ0n) is 15.1. The van der Waals surface area contributed by atoms with Crippen molar-refractivity contribution in [3.05, 3.63) is 46.5 Å². The van der Waals surface area contributed by atoms with Gasteiger partial charge in [-0.15, -0.1) is 0 Å². The van der Waals surface area contributed by atoms with Crippen molar-refractivity contribution < 1.29 is 4.79 Å². The molecule has 0 aromatic carbocycles. The number of pyridine rings is 1. The van der Waals surface area contributed by atoms with Gasteiger partial charge < -0.3 is 15.1 Å². The molecule has 1 atom stereocenters. The Balaban J connectivity index is 1.58. The molecule has 2 N–H and O–H groups in total. The summed E-state index contributed by atoms with van der Waals surface area (Å²) < 4.78 is 0. The van der Waals surface area contributed by atoms with Gasteiger partial charge in [-0.05, 0) is 37.5 Å². The predicted octanol–water partition coefficient (Wildman–Crippen LogP) is 1.34. The molecule has 0 aliphatic carbocycles. The van der Waals surface area contributed by atoms with Crippen LogP contribution >= 0.6 is 0 Å². The molecule has 1 aliphatic rings. The number of aromatic amines is 1. The molecule has 2 aromatic rings. The van der Waals surface area contributed by atoms with Crippen LogP contribution in [0.1, 0.15) is 29.8 Å². The van der Waals surface area contributed by atoms with Gasteiger partial charge in [0.1, 0.15) is 11.5 Å². The Morgan fingerprint density at radius 3 is 2.73 bits per heavy atom. The van der Waals surface area contributed by atoms with Crippen molar-refractivity contribution >= 4 is 17.4 Å². The lowest BCUT2D eigenvalue weighted by molar-refractivity contribution is 0.0754. The molecule has 1 amide bonds. The van der Waals surface area contributed by atoms with E-state index in [9.17, 15) is 9.59 Å². The third kappa shape index (κ3) is 4.38. The van der Waals surface area contributed by atoms with E-state index in [2.05, 4.69) is 20.5 Å². The molecule has 0 unspecified atom stereocenters. The summed E-state index contributed by atoms with van der Waals surface area (Å²) in [5.41, 5.74) is 0.956. The normalized spacial score (nSPS) is 17.5. The van der Waals surface area contributed by atoms with E-state index in [0.717, 1.165) is 30.8 Å². The van der Waals surface area contributed by atoms with Crippen LogP contribution in [0, 0.1) is 0 Å². The van der Waals surface area contributed by atoms with Gasteiger partial charge in [-0.1, -0.05) is 0 Å². The topological polar surface area (TPSA) is 94.2 Å². The van der Waals surface area contributed by atoms with Crippen molar-refractivity contribution in [1.29, 1.82) is 0 Å². The van der Waals surface area contributed by atoms with Gasteiger partial charge in [0.15, 0.2) is 0 Å². The van der Waals surface area contributed by atoms with Gasteiger partial charge in [-0.2, -0.15) is 5.10 Å². The van der Waals surface area contributed by atoms with Crippen LogP contribution in [0.2, 0.25) is 0 Å². The van der Waals surface area contributed by atoms with Crippen molar-refractivity contribution in [2.45, 2.75) is 25.3 Å². The number of anilines is 2. The first-order valence-electron chi connectivity index (χ1n) is 8.78. The zero-order valence-corrected chi connectivity index (χ0v) is 15.1. The molecule has 0 radical (unpaired) electrons. The molecule has 3 heterocycles. The van der Waals surface area contributed by atoms with Crippen LogP contribution in [-0.2, 0) is 0 Å². The standard InChI is InChI=1S/C18H24N6O2/c1-23(2)16-7-5-14(12-19-16)20-13-4-3-10-24(11-9-13)18(26)15-6-8-17(25)22-21-15/h5-8,12-13,20H,3-4,9-11H2,1-2H3,(H,22,25)/t13-/m0/s1. The highest BCUT2D eigenvalue weighted by atomic mass is 16.2. The highest BCUT2D eigenvalue weighted by Crippen LogP contribution is 2.19. The van der Waals surface area contributed by atoms with Gasteiger partial charge in [-0.3, -0.25) is 9.59 Å². The average Bonchev–Trinajstić information content (AvgIpc) is 2.88. The summed E-state index contributed by atoms with van der Waals surface area (Å²) >= 11 is 0. The van der Waals surface area contributed by atoms with Crippen LogP contribution in [0.3, 0.4) is 0 Å². The minimum atomic E-state index is -0.310. The van der Waals surface area contributed by atoms with Gasteiger partial charge in [-0.25, -0.2) is 10.1 Å². The lowest BCUT2D eigenvalue weighted by Gasteiger charge is -2.21. The van der Waals surface area contributed by atoms with Gasteiger partial charge in [0.05, 0.1) is 11.9 Å². The summed E-state index contributed by atoms with van der Waals surface area (Å²) in [4.78, 5) is 31.8. The molecule has 8 heteroatoms. The number of nitrogens with one attached hydrogen (secondary N) is 2. The summed E-state index contributed by atoms with van der Waals surface area (Å²) in [6.07, 6.45) is 4.59. The average molecular weight is 356 g/mol. The van der Waals surface area contributed by atoms with Crippen molar-refractivity contribution in [2.75, 3.05) is 37.4 Å². The molecule has 1 aliphatic heterocycles. The number of aromatic nitrogens is 3. The monoisotopic (exact) mass is 356 g/mol. The number of rotatable bonds is 4. The molecule has 0 bridgehead atoms. The maximum atomic E-state index is 12.5. The van der Waals surface area contributed by atoms with Crippen LogP contribution in [0.15, 0.2) is 35.3 Å². The van der Waals surface area contributed by atoms with Crippen molar-refractivity contribution in [3.63, 3.8) is 0 Å². The van der Waals surface area contributed by atoms with Crippen LogP contribution in [-0.4, -0.2) is 59.2 Å². The maximum Gasteiger partial charge on any atom is 0.274 e. The number of likely N-dealkylation sites (tertiary alicyclic amines) is 1. The largest absolute Gasteiger partial charge is 0.381 e. The molecule has 26 heavy (non-hydrogen) atoms. The van der Waals surface area contributed by atoms with E-state index in [0.29, 0.717) is 19.1 Å². The van der Waals surface area contributed by atoms with Crippen LogP contribution < -0.4 is 15.8 Å². The summed E-state index contributed by atoms with van der Waals surface area (Å²) in [6.45, 7) is 1.34. The van der Waals surface area contributed by atoms with E-state index in [-0.39, 0.29) is 17.2 Å². The number of hydrogen-bond donors (Lipinski definition) is 2. The van der Waals surface area contributed by atoms with E-state index in [1.165, 1.54) is 12.1 Å². The molecule has 1 fully saturated rings. The van der Waals surface area contributed by atoms with Crippen molar-refractivity contribution in [1.82, 2.24) is 20.1 Å². The van der Waals surface area contributed by atoms with E-state index in [1.54, 1.807) is 4.90 Å². The second-order valence-electron chi connectivity index (χ2n) is 6.67. The van der Waals surface area contributed by atoms with Crippen molar-refractivity contribution in [3.8, 4) is 0 Å². The highest BCUT2D eigenvalue weighted by molar-refractivity contribution is 5.92. The molecular weight excluding hydrogens is 332 g/mol. The van der Waals surface area contributed by atoms with Gasteiger partial charge in [0.25, 0.3) is 11.5 Å². The molecule has 2 aromatic heterocycles. The van der Waals surface area contributed by atoms with Crippen molar-refractivity contribution in [2.24, 2.45) is 0 Å². The number of H-pyrrole nitrogens is 1. The quantitative estimate of drug-likeness (QED) is 0.858. The van der Waals surface area contributed by atoms with Gasteiger partial charge >= 0.3 is 0 Å². The predicted molar refractivity (Wildman–Crippen MR) is 101 cm³/mol. The number of carbonyl (C=O) groups excluding carboxylic acids is 1. The molecule has 0 saturated carbocycles. The maximum absolute atomic E-state index is 12.5. The molecule has 3 rings (SSSR count). The summed E-state index contributed by atoms with van der Waals surface area (Å²) in [5, 5.41) is 9.66. The van der Waals surface area contributed by atoms with Crippen LogP contribution in [0.4, 0.5) is 11.5 Å². The minimum Gasteiger partial charge on any atom is -0.381 e. The zero-order chi connectivity index (χ0) is 18.5. The lowest BCUT2D eigenvalue weighted by atomic mass is 10.1. The van der Waals surface area contributed by atoms with Gasteiger partial charge in [0, 0.05) is 39.3 Å². The Kier molecular flexibility index (Phi) is 5.50. The SMILES string of the molecule is CN(C)c1ccc(N[C@H]2CCCN(C(=O)c3ccc(=O)[nH]n3)CC2)cn1. The third-order valence-electron chi connectivity index (χ3n) is 4.49. The molecule has 138 valence electrons. The van der Waals surface area contributed by atoms with Crippen LogP contribution in [0.5, 0.6) is 0 Å². The highest BCUT2D eigenvalue weighted by Gasteiger charge is 2.22. The first kappa shape index (κ1) is 17.9. The molecule has 8 nitrogen and oxygen atoms in total. The minimum absolute atomic E-state index is 0.140. The second kappa shape index (κ2) is 7.99.